The van der Waals surface area contributed by atoms with Crippen LogP contribution in [0.1, 0.15) is 37.8 Å². The van der Waals surface area contributed by atoms with Gasteiger partial charge in [-0.05, 0) is 65.4 Å². The molecule has 0 saturated carbocycles. The van der Waals surface area contributed by atoms with E-state index in [1.165, 1.54) is 27.8 Å². The third-order valence-corrected chi connectivity index (χ3v) is 9.65. The van der Waals surface area contributed by atoms with Gasteiger partial charge in [-0.3, -0.25) is 0 Å². The molecule has 0 radical (unpaired) electrons. The summed E-state index contributed by atoms with van der Waals surface area (Å²) in [5.41, 5.74) is 11.2. The molecule has 0 amide bonds. The zero-order chi connectivity index (χ0) is 31.1. The molecule has 6 aromatic carbocycles. The number of hydrogen-bond donors (Lipinski definition) is 0. The molecule has 0 unspecified atom stereocenters. The number of nitrogens with zero attached hydrogens (tertiary/aromatic N) is 2. The summed E-state index contributed by atoms with van der Waals surface area (Å²) < 4.78 is 6.40. The molecule has 3 nitrogen and oxygen atoms in total. The van der Waals surface area contributed by atoms with Crippen molar-refractivity contribution in [2.45, 2.75) is 32.1 Å². The van der Waals surface area contributed by atoms with Crippen molar-refractivity contribution in [2.75, 3.05) is 0 Å². The molecule has 3 heteroatoms. The van der Waals surface area contributed by atoms with Crippen molar-refractivity contribution >= 4 is 10.9 Å². The number of aromatic nitrogens is 2. The van der Waals surface area contributed by atoms with E-state index in [0.717, 1.165) is 63.5 Å². The molecule has 1 aromatic heterocycles. The van der Waals surface area contributed by atoms with Crippen LogP contribution in [-0.2, 0) is 5.41 Å². The van der Waals surface area contributed by atoms with Crippen LogP contribution in [0.25, 0.3) is 55.8 Å². The van der Waals surface area contributed by atoms with Crippen LogP contribution in [-0.4, -0.2) is 9.97 Å². The minimum Gasteiger partial charge on any atom is -0.457 e. The number of rotatable bonds is 6. The van der Waals surface area contributed by atoms with Crippen LogP contribution in [0.2, 0.25) is 0 Å². The normalized spacial score (nSPS) is 13.1. The van der Waals surface area contributed by atoms with Gasteiger partial charge < -0.3 is 4.74 Å². The minimum absolute atomic E-state index is 0.0634. The fraction of sp³-hybridized carbons (Fsp3) is 0.116. The molecule has 46 heavy (non-hydrogen) atoms. The van der Waals surface area contributed by atoms with Crippen molar-refractivity contribution in [3.05, 3.63) is 157 Å². The first-order valence-electron chi connectivity index (χ1n) is 16.1. The largest absolute Gasteiger partial charge is 0.457 e. The summed E-state index contributed by atoms with van der Waals surface area (Å²) >= 11 is 0. The Hall–Kier alpha value is -5.54. The topological polar surface area (TPSA) is 35.0 Å². The molecule has 0 aliphatic carbocycles. The van der Waals surface area contributed by atoms with E-state index in [2.05, 4.69) is 135 Å². The molecule has 222 valence electrons. The van der Waals surface area contributed by atoms with E-state index >= 15 is 0 Å². The molecular weight excluding hydrogens is 560 g/mol. The summed E-state index contributed by atoms with van der Waals surface area (Å²) in [4.78, 5) is 9.97. The van der Waals surface area contributed by atoms with Gasteiger partial charge in [-0.25, -0.2) is 9.97 Å². The lowest BCUT2D eigenvalue weighted by atomic mass is 9.68. The van der Waals surface area contributed by atoms with Gasteiger partial charge in [0.1, 0.15) is 11.5 Å². The van der Waals surface area contributed by atoms with Crippen LogP contribution in [0.3, 0.4) is 0 Å². The highest BCUT2D eigenvalue weighted by Crippen LogP contribution is 2.52. The molecule has 2 heterocycles. The molecule has 1 aliphatic rings. The van der Waals surface area contributed by atoms with E-state index in [-0.39, 0.29) is 5.41 Å². The number of benzene rings is 6. The number of para-hydroxylation sites is 2. The van der Waals surface area contributed by atoms with Gasteiger partial charge in [0.15, 0.2) is 5.82 Å². The smallest absolute Gasteiger partial charge is 0.160 e. The van der Waals surface area contributed by atoms with Crippen LogP contribution in [0.5, 0.6) is 11.5 Å². The fourth-order valence-electron chi connectivity index (χ4n) is 7.11. The molecule has 1 aliphatic heterocycles. The van der Waals surface area contributed by atoms with Crippen LogP contribution < -0.4 is 4.74 Å². The number of ether oxygens (including phenoxy) is 1. The molecule has 8 rings (SSSR count). The Labute approximate surface area is 270 Å². The second kappa shape index (κ2) is 11.4. The lowest BCUT2D eigenvalue weighted by molar-refractivity contribution is 0.375. The SMILES string of the molecule is CCC1(CC)c2ccccc2Oc2ccc(-c3ccc(-c4cccc(-c5nc(-c6ccccc6)nc6ccccc56)c4)cc3)cc21. The van der Waals surface area contributed by atoms with Crippen molar-refractivity contribution in [2.24, 2.45) is 0 Å². The molecule has 7 aromatic rings. The van der Waals surface area contributed by atoms with Crippen LogP contribution >= 0.6 is 0 Å². The summed E-state index contributed by atoms with van der Waals surface area (Å²) in [6.45, 7) is 4.58. The molecular formula is C43H34N2O. The lowest BCUT2D eigenvalue weighted by Crippen LogP contribution is -2.30. The standard InChI is InChI=1S/C43H34N2O/c1-3-43(4-2)36-18-9-11-20-39(36)46-40-26-25-33(28-37(40)43)30-23-21-29(22-24-30)32-15-12-16-34(27-32)41-35-17-8-10-19-38(35)44-42(45-41)31-13-6-5-7-14-31/h5-28H,3-4H2,1-2H3. The summed E-state index contributed by atoms with van der Waals surface area (Å²) in [5.74, 6) is 2.68. The third kappa shape index (κ3) is 4.67. The zero-order valence-corrected chi connectivity index (χ0v) is 26.1. The quantitative estimate of drug-likeness (QED) is 0.192. The molecule has 0 saturated heterocycles. The van der Waals surface area contributed by atoms with E-state index < -0.39 is 0 Å². The molecule has 0 fully saturated rings. The maximum atomic E-state index is 6.40. The van der Waals surface area contributed by atoms with Crippen molar-refractivity contribution in [1.29, 1.82) is 0 Å². The van der Waals surface area contributed by atoms with Gasteiger partial charge in [-0.1, -0.05) is 129 Å². The van der Waals surface area contributed by atoms with Crippen LogP contribution in [0.4, 0.5) is 0 Å². The predicted octanol–water partition coefficient (Wildman–Crippen LogP) is 11.5. The Morgan fingerprint density at radius 1 is 0.478 bits per heavy atom. The van der Waals surface area contributed by atoms with Gasteiger partial charge in [0.25, 0.3) is 0 Å². The van der Waals surface area contributed by atoms with Crippen LogP contribution in [0.15, 0.2) is 146 Å². The Morgan fingerprint density at radius 3 is 1.87 bits per heavy atom. The minimum atomic E-state index is -0.0634. The maximum absolute atomic E-state index is 6.40. The van der Waals surface area contributed by atoms with E-state index in [1.54, 1.807) is 0 Å². The van der Waals surface area contributed by atoms with Crippen molar-refractivity contribution in [1.82, 2.24) is 9.97 Å². The van der Waals surface area contributed by atoms with Gasteiger partial charge in [-0.2, -0.15) is 0 Å². The van der Waals surface area contributed by atoms with E-state index in [4.69, 9.17) is 14.7 Å². The van der Waals surface area contributed by atoms with Gasteiger partial charge >= 0.3 is 0 Å². The summed E-state index contributed by atoms with van der Waals surface area (Å²) in [7, 11) is 0. The summed E-state index contributed by atoms with van der Waals surface area (Å²) in [5, 5.41) is 1.05. The second-order valence-corrected chi connectivity index (χ2v) is 12.0. The van der Waals surface area contributed by atoms with Gasteiger partial charge in [-0.15, -0.1) is 0 Å². The Balaban J connectivity index is 1.15. The van der Waals surface area contributed by atoms with E-state index in [0.29, 0.717) is 0 Å². The molecule has 0 spiro atoms. The summed E-state index contributed by atoms with van der Waals surface area (Å²) in [6.07, 6.45) is 2.04. The Kier molecular flexibility index (Phi) is 6.95. The molecule has 0 atom stereocenters. The van der Waals surface area contributed by atoms with Gasteiger partial charge in [0.05, 0.1) is 11.2 Å². The maximum Gasteiger partial charge on any atom is 0.160 e. The highest BCUT2D eigenvalue weighted by Gasteiger charge is 2.39. The van der Waals surface area contributed by atoms with Crippen LogP contribution in [0, 0.1) is 0 Å². The monoisotopic (exact) mass is 594 g/mol. The first-order valence-corrected chi connectivity index (χ1v) is 16.1. The van der Waals surface area contributed by atoms with Gasteiger partial charge in [0, 0.05) is 33.1 Å². The number of hydrogen-bond acceptors (Lipinski definition) is 3. The van der Waals surface area contributed by atoms with Crippen molar-refractivity contribution in [3.8, 4) is 56.4 Å². The van der Waals surface area contributed by atoms with Gasteiger partial charge in [0.2, 0.25) is 0 Å². The zero-order valence-electron chi connectivity index (χ0n) is 26.1. The average Bonchev–Trinajstić information content (AvgIpc) is 3.14. The van der Waals surface area contributed by atoms with E-state index in [9.17, 15) is 0 Å². The first-order chi connectivity index (χ1) is 22.7. The highest BCUT2D eigenvalue weighted by atomic mass is 16.5. The Bertz CT molecular complexity index is 2200. The van der Waals surface area contributed by atoms with Crippen molar-refractivity contribution < 1.29 is 4.74 Å². The number of fused-ring (bicyclic) bond motifs is 3. The third-order valence-electron chi connectivity index (χ3n) is 9.65. The predicted molar refractivity (Wildman–Crippen MR) is 189 cm³/mol. The second-order valence-electron chi connectivity index (χ2n) is 12.0. The summed E-state index contributed by atoms with van der Waals surface area (Å²) in [6, 6.07) is 51.2. The molecule has 0 N–H and O–H groups in total. The average molecular weight is 595 g/mol. The lowest BCUT2D eigenvalue weighted by Gasteiger charge is -2.39. The van der Waals surface area contributed by atoms with Crippen molar-refractivity contribution in [3.63, 3.8) is 0 Å². The Morgan fingerprint density at radius 2 is 1.09 bits per heavy atom. The fourth-order valence-corrected chi connectivity index (χ4v) is 7.11. The van der Waals surface area contributed by atoms with E-state index in [1.807, 2.05) is 24.3 Å². The molecule has 0 bridgehead atoms. The highest BCUT2D eigenvalue weighted by molar-refractivity contribution is 5.94. The first kappa shape index (κ1) is 28.0.